The molecule has 0 unspecified atom stereocenters. The van der Waals surface area contributed by atoms with Gasteiger partial charge in [0.1, 0.15) is 0 Å². The lowest BCUT2D eigenvalue weighted by Crippen LogP contribution is -2.45. The molecule has 0 aromatic carbocycles. The van der Waals surface area contributed by atoms with Gasteiger partial charge in [0, 0.05) is 24.5 Å². The molecule has 1 rings (SSSR count). The van der Waals surface area contributed by atoms with Crippen molar-refractivity contribution in [3.8, 4) is 0 Å². The molecule has 4 nitrogen and oxygen atoms in total. The van der Waals surface area contributed by atoms with Gasteiger partial charge in [-0.25, -0.2) is 0 Å². The molecule has 0 spiro atoms. The molecule has 0 aromatic rings. The van der Waals surface area contributed by atoms with E-state index in [4.69, 9.17) is 10.8 Å². The zero-order valence-electron chi connectivity index (χ0n) is 10.4. The summed E-state index contributed by atoms with van der Waals surface area (Å²) < 4.78 is 0. The lowest BCUT2D eigenvalue weighted by Gasteiger charge is -2.31. The van der Waals surface area contributed by atoms with E-state index in [1.807, 2.05) is 18.7 Å². The van der Waals surface area contributed by atoms with Crippen LogP contribution in [0, 0.1) is 0 Å². The van der Waals surface area contributed by atoms with Gasteiger partial charge in [-0.3, -0.25) is 4.79 Å². The largest absolute Gasteiger partial charge is 0.395 e. The van der Waals surface area contributed by atoms with Crippen LogP contribution in [0.1, 0.15) is 46.0 Å². The molecule has 0 aromatic heterocycles. The molecule has 0 aliphatic heterocycles. The van der Waals surface area contributed by atoms with E-state index < -0.39 is 5.54 Å². The quantitative estimate of drug-likeness (QED) is 0.734. The van der Waals surface area contributed by atoms with Crippen molar-refractivity contribution in [2.75, 3.05) is 13.2 Å². The summed E-state index contributed by atoms with van der Waals surface area (Å²) in [4.78, 5) is 13.9. The molecule has 1 amide bonds. The first kappa shape index (κ1) is 13.5. The standard InChI is InChI=1S/C12H24N2O2/c1-12(2,13)9-11(16)14(7-8-15)10-5-3-4-6-10/h10,15H,3-9,13H2,1-2H3. The van der Waals surface area contributed by atoms with Crippen LogP contribution in [0.4, 0.5) is 0 Å². The van der Waals surface area contributed by atoms with Gasteiger partial charge in [0.25, 0.3) is 0 Å². The van der Waals surface area contributed by atoms with Crippen molar-refractivity contribution in [2.24, 2.45) is 5.73 Å². The summed E-state index contributed by atoms with van der Waals surface area (Å²) in [6.45, 7) is 4.19. The maximum atomic E-state index is 12.1. The maximum Gasteiger partial charge on any atom is 0.224 e. The number of aliphatic hydroxyl groups is 1. The second kappa shape index (κ2) is 5.64. The molecular formula is C12H24N2O2. The minimum atomic E-state index is -0.469. The van der Waals surface area contributed by atoms with Crippen LogP contribution in [0.15, 0.2) is 0 Å². The summed E-state index contributed by atoms with van der Waals surface area (Å²) in [5.41, 5.74) is 5.39. The average Bonchev–Trinajstić information content (AvgIpc) is 2.63. The Kier molecular flexibility index (Phi) is 4.74. The van der Waals surface area contributed by atoms with Gasteiger partial charge in [0.2, 0.25) is 5.91 Å². The highest BCUT2D eigenvalue weighted by Gasteiger charge is 2.28. The molecule has 3 N–H and O–H groups in total. The second-order valence-electron chi connectivity index (χ2n) is 5.41. The van der Waals surface area contributed by atoms with Crippen molar-refractivity contribution in [2.45, 2.75) is 57.5 Å². The summed E-state index contributed by atoms with van der Waals surface area (Å²) in [6, 6.07) is 0.321. The van der Waals surface area contributed by atoms with Crippen LogP contribution in [0.2, 0.25) is 0 Å². The van der Waals surface area contributed by atoms with E-state index in [1.54, 1.807) is 0 Å². The average molecular weight is 228 g/mol. The fraction of sp³-hybridized carbons (Fsp3) is 0.917. The smallest absolute Gasteiger partial charge is 0.224 e. The monoisotopic (exact) mass is 228 g/mol. The SMILES string of the molecule is CC(C)(N)CC(=O)N(CCO)C1CCCC1. The fourth-order valence-electron chi connectivity index (χ4n) is 2.33. The number of carbonyl (C=O) groups excluding carboxylic acids is 1. The molecule has 1 aliphatic carbocycles. The number of hydrogen-bond donors (Lipinski definition) is 2. The summed E-state index contributed by atoms with van der Waals surface area (Å²) in [7, 11) is 0. The predicted molar refractivity (Wildman–Crippen MR) is 63.9 cm³/mol. The Bertz CT molecular complexity index is 230. The summed E-state index contributed by atoms with van der Waals surface area (Å²) in [5, 5.41) is 9.02. The third-order valence-electron chi connectivity index (χ3n) is 3.03. The third kappa shape index (κ3) is 4.10. The van der Waals surface area contributed by atoms with Crippen LogP contribution >= 0.6 is 0 Å². The Morgan fingerprint density at radius 1 is 1.44 bits per heavy atom. The van der Waals surface area contributed by atoms with Crippen molar-refractivity contribution >= 4 is 5.91 Å². The number of nitrogens with two attached hydrogens (primary N) is 1. The van der Waals surface area contributed by atoms with Crippen LogP contribution < -0.4 is 5.73 Å². The third-order valence-corrected chi connectivity index (χ3v) is 3.03. The first-order valence-electron chi connectivity index (χ1n) is 6.13. The Balaban J connectivity index is 2.57. The molecule has 1 fully saturated rings. The summed E-state index contributed by atoms with van der Waals surface area (Å²) >= 11 is 0. The fourth-order valence-corrected chi connectivity index (χ4v) is 2.33. The number of nitrogens with zero attached hydrogens (tertiary/aromatic N) is 1. The Morgan fingerprint density at radius 3 is 2.44 bits per heavy atom. The van der Waals surface area contributed by atoms with E-state index in [-0.39, 0.29) is 12.5 Å². The van der Waals surface area contributed by atoms with E-state index >= 15 is 0 Å². The van der Waals surface area contributed by atoms with E-state index in [9.17, 15) is 4.79 Å². The van der Waals surface area contributed by atoms with Gasteiger partial charge in [0.05, 0.1) is 6.61 Å². The molecule has 94 valence electrons. The molecule has 0 bridgehead atoms. The number of carbonyl (C=O) groups is 1. The second-order valence-corrected chi connectivity index (χ2v) is 5.41. The molecule has 1 saturated carbocycles. The van der Waals surface area contributed by atoms with Crippen LogP contribution in [0.25, 0.3) is 0 Å². The molecule has 4 heteroatoms. The number of aliphatic hydroxyl groups excluding tert-OH is 1. The Labute approximate surface area is 97.8 Å². The van der Waals surface area contributed by atoms with Gasteiger partial charge in [0.15, 0.2) is 0 Å². The van der Waals surface area contributed by atoms with Crippen LogP contribution in [0.3, 0.4) is 0 Å². The zero-order chi connectivity index (χ0) is 12.2. The number of rotatable bonds is 5. The highest BCUT2D eigenvalue weighted by Crippen LogP contribution is 2.24. The molecule has 16 heavy (non-hydrogen) atoms. The Hall–Kier alpha value is -0.610. The van der Waals surface area contributed by atoms with Crippen LogP contribution in [-0.4, -0.2) is 40.6 Å². The predicted octanol–water partition coefficient (Wildman–Crippen LogP) is 0.877. The van der Waals surface area contributed by atoms with Gasteiger partial charge in [-0.1, -0.05) is 12.8 Å². The molecule has 0 radical (unpaired) electrons. The van der Waals surface area contributed by atoms with E-state index in [0.29, 0.717) is 19.0 Å². The first-order valence-corrected chi connectivity index (χ1v) is 6.13. The first-order chi connectivity index (χ1) is 7.44. The van der Waals surface area contributed by atoms with Crippen LogP contribution in [0.5, 0.6) is 0 Å². The number of hydrogen-bond acceptors (Lipinski definition) is 3. The normalized spacial score (nSPS) is 17.8. The highest BCUT2D eigenvalue weighted by molar-refractivity contribution is 5.77. The lowest BCUT2D eigenvalue weighted by atomic mass is 10.0. The number of amides is 1. The Morgan fingerprint density at radius 2 is 2.00 bits per heavy atom. The molecule has 1 aliphatic rings. The van der Waals surface area contributed by atoms with E-state index in [1.165, 1.54) is 12.8 Å². The zero-order valence-corrected chi connectivity index (χ0v) is 10.4. The van der Waals surface area contributed by atoms with E-state index in [0.717, 1.165) is 12.8 Å². The van der Waals surface area contributed by atoms with Gasteiger partial charge < -0.3 is 15.7 Å². The van der Waals surface area contributed by atoms with Crippen molar-refractivity contribution in [1.29, 1.82) is 0 Å². The molecular weight excluding hydrogens is 204 g/mol. The molecule has 0 atom stereocenters. The molecule has 0 saturated heterocycles. The van der Waals surface area contributed by atoms with Crippen LogP contribution in [-0.2, 0) is 4.79 Å². The van der Waals surface area contributed by atoms with Gasteiger partial charge in [-0.05, 0) is 26.7 Å². The van der Waals surface area contributed by atoms with Gasteiger partial charge in [-0.2, -0.15) is 0 Å². The molecule has 0 heterocycles. The van der Waals surface area contributed by atoms with Gasteiger partial charge in [-0.15, -0.1) is 0 Å². The highest BCUT2D eigenvalue weighted by atomic mass is 16.3. The summed E-state index contributed by atoms with van der Waals surface area (Å²) in [5.74, 6) is 0.0773. The van der Waals surface area contributed by atoms with Gasteiger partial charge >= 0.3 is 0 Å². The minimum absolute atomic E-state index is 0.0350. The van der Waals surface area contributed by atoms with E-state index in [2.05, 4.69) is 0 Å². The van der Waals surface area contributed by atoms with Crippen molar-refractivity contribution < 1.29 is 9.90 Å². The topological polar surface area (TPSA) is 66.6 Å². The lowest BCUT2D eigenvalue weighted by molar-refractivity contribution is -0.135. The minimum Gasteiger partial charge on any atom is -0.395 e. The van der Waals surface area contributed by atoms with Crippen molar-refractivity contribution in [3.63, 3.8) is 0 Å². The summed E-state index contributed by atoms with van der Waals surface area (Å²) in [6.07, 6.45) is 4.86. The van der Waals surface area contributed by atoms with Crippen molar-refractivity contribution in [1.82, 2.24) is 4.90 Å². The maximum absolute atomic E-state index is 12.1. The van der Waals surface area contributed by atoms with Crippen molar-refractivity contribution in [3.05, 3.63) is 0 Å².